The molecule has 0 aliphatic carbocycles. The van der Waals surface area contributed by atoms with Gasteiger partial charge in [-0.25, -0.2) is 16.8 Å². The van der Waals surface area contributed by atoms with Crippen molar-refractivity contribution < 1.29 is 26.4 Å². The first kappa shape index (κ1) is 28.4. The van der Waals surface area contributed by atoms with Crippen LogP contribution in [-0.4, -0.2) is 88.7 Å². The van der Waals surface area contributed by atoms with Gasteiger partial charge in [0.25, 0.3) is 0 Å². The Balaban J connectivity index is 1.57. The molecule has 0 N–H and O–H groups in total. The molecule has 2 aliphatic heterocycles. The lowest BCUT2D eigenvalue weighted by molar-refractivity contribution is -0.136. The van der Waals surface area contributed by atoms with E-state index in [0.717, 1.165) is 20.8 Å². The van der Waals surface area contributed by atoms with Crippen molar-refractivity contribution in [1.82, 2.24) is 13.5 Å². The van der Waals surface area contributed by atoms with Crippen LogP contribution < -0.4 is 0 Å². The molecule has 2 unspecified atom stereocenters. The van der Waals surface area contributed by atoms with Crippen LogP contribution in [0, 0.1) is 0 Å². The molecule has 0 aromatic heterocycles. The highest BCUT2D eigenvalue weighted by atomic mass is 32.2. The van der Waals surface area contributed by atoms with Gasteiger partial charge in [0.1, 0.15) is 0 Å². The summed E-state index contributed by atoms with van der Waals surface area (Å²) in [6.45, 7) is 5.78. The van der Waals surface area contributed by atoms with Crippen molar-refractivity contribution in [3.05, 3.63) is 77.7 Å². The van der Waals surface area contributed by atoms with Gasteiger partial charge in [-0.15, -0.1) is 0 Å². The van der Waals surface area contributed by atoms with Crippen LogP contribution in [0.15, 0.2) is 71.5 Å². The Morgan fingerprint density at radius 2 is 1.71 bits per heavy atom. The van der Waals surface area contributed by atoms with Crippen LogP contribution >= 0.6 is 0 Å². The number of sulfonamides is 2. The molecule has 2 aromatic carbocycles. The second-order valence-corrected chi connectivity index (χ2v) is 13.5. The van der Waals surface area contributed by atoms with Crippen LogP contribution in [0.4, 0.5) is 0 Å². The summed E-state index contributed by atoms with van der Waals surface area (Å²) in [5.74, 6) is -0.455. The smallest absolute Gasteiger partial charge is 0.243 e. The summed E-state index contributed by atoms with van der Waals surface area (Å²) in [5, 5.41) is 0.865. The lowest BCUT2D eigenvalue weighted by atomic mass is 9.90. The van der Waals surface area contributed by atoms with Gasteiger partial charge in [-0.1, -0.05) is 49.0 Å². The van der Waals surface area contributed by atoms with E-state index in [9.17, 15) is 21.6 Å². The summed E-state index contributed by atoms with van der Waals surface area (Å²) in [5.41, 5.74) is 1.77. The molecule has 38 heavy (non-hydrogen) atoms. The Morgan fingerprint density at radius 3 is 2.34 bits per heavy atom. The molecule has 2 fully saturated rings. The van der Waals surface area contributed by atoms with E-state index < -0.39 is 32.0 Å². The van der Waals surface area contributed by atoms with Gasteiger partial charge in [0.15, 0.2) is 0 Å². The van der Waals surface area contributed by atoms with E-state index in [1.54, 1.807) is 24.3 Å². The molecule has 0 saturated carbocycles. The van der Waals surface area contributed by atoms with Crippen molar-refractivity contribution in [2.24, 2.45) is 0 Å². The minimum atomic E-state index is -3.85. The van der Waals surface area contributed by atoms with Gasteiger partial charge in [-0.3, -0.25) is 4.79 Å². The van der Waals surface area contributed by atoms with Crippen LogP contribution in [0.5, 0.6) is 0 Å². The number of hydrogen-bond acceptors (Lipinski definition) is 6. The monoisotopic (exact) mass is 561 g/mol. The lowest BCUT2D eigenvalue weighted by Gasteiger charge is -2.31. The van der Waals surface area contributed by atoms with E-state index in [1.165, 1.54) is 11.4 Å². The van der Waals surface area contributed by atoms with E-state index in [0.29, 0.717) is 52.1 Å². The van der Waals surface area contributed by atoms with Gasteiger partial charge in [-0.2, -0.15) is 8.61 Å². The largest absolute Gasteiger partial charge is 0.378 e. The number of rotatable bonds is 10. The Kier molecular flexibility index (Phi) is 9.04. The molecule has 2 saturated heterocycles. The zero-order valence-corrected chi connectivity index (χ0v) is 23.2. The average molecular weight is 562 g/mol. The zero-order valence-electron chi connectivity index (χ0n) is 21.6. The summed E-state index contributed by atoms with van der Waals surface area (Å²) < 4.78 is 59.3. The van der Waals surface area contributed by atoms with Gasteiger partial charge >= 0.3 is 0 Å². The summed E-state index contributed by atoms with van der Waals surface area (Å²) in [6.07, 6.45) is 1.72. The molecule has 0 bridgehead atoms. The molecule has 2 aromatic rings. The van der Waals surface area contributed by atoms with Crippen molar-refractivity contribution in [3.63, 3.8) is 0 Å². The first-order chi connectivity index (χ1) is 18.1. The minimum absolute atomic E-state index is 0.00108. The van der Waals surface area contributed by atoms with Gasteiger partial charge in [0.2, 0.25) is 26.0 Å². The van der Waals surface area contributed by atoms with E-state index in [2.05, 4.69) is 6.58 Å². The fourth-order valence-corrected chi connectivity index (χ4v) is 7.36. The van der Waals surface area contributed by atoms with Gasteiger partial charge in [-0.05, 0) is 42.5 Å². The summed E-state index contributed by atoms with van der Waals surface area (Å²) in [4.78, 5) is 15.5. The lowest BCUT2D eigenvalue weighted by Crippen LogP contribution is -2.43. The van der Waals surface area contributed by atoms with Crippen molar-refractivity contribution in [2.75, 3.05) is 46.4 Å². The van der Waals surface area contributed by atoms with Crippen LogP contribution in [-0.2, 0) is 36.0 Å². The Morgan fingerprint density at radius 1 is 1.05 bits per heavy atom. The maximum Gasteiger partial charge on any atom is 0.243 e. The van der Waals surface area contributed by atoms with E-state index >= 15 is 0 Å². The number of carbonyl (C=O) groups excluding carboxylic acids is 1. The Bertz CT molecular complexity index is 1320. The number of amides is 1. The zero-order chi connectivity index (χ0) is 27.3. The Hall–Kier alpha value is -2.57. The van der Waals surface area contributed by atoms with Gasteiger partial charge < -0.3 is 9.64 Å². The molecular formula is C27H35N3O6S2. The highest BCUT2D eigenvalue weighted by Crippen LogP contribution is 2.30. The topological polar surface area (TPSA) is 104 Å². The molecular weight excluding hydrogens is 526 g/mol. The van der Waals surface area contributed by atoms with Crippen molar-refractivity contribution in [3.8, 4) is 0 Å². The normalized spacial score (nSPS) is 19.9. The van der Waals surface area contributed by atoms with E-state index in [4.69, 9.17) is 4.74 Å². The third kappa shape index (κ3) is 6.35. The molecule has 0 spiro atoms. The predicted molar refractivity (Wildman–Crippen MR) is 145 cm³/mol. The highest BCUT2D eigenvalue weighted by molar-refractivity contribution is 7.92. The van der Waals surface area contributed by atoms with Crippen molar-refractivity contribution in [2.45, 2.75) is 36.1 Å². The van der Waals surface area contributed by atoms with Gasteiger partial charge in [0, 0.05) is 44.7 Å². The van der Waals surface area contributed by atoms with Crippen LogP contribution in [0.1, 0.15) is 29.9 Å². The van der Waals surface area contributed by atoms with E-state index in [1.807, 2.05) is 35.2 Å². The van der Waals surface area contributed by atoms with Crippen molar-refractivity contribution >= 4 is 26.0 Å². The van der Waals surface area contributed by atoms with Crippen LogP contribution in [0.3, 0.4) is 0 Å². The molecule has 1 amide bonds. The second-order valence-electron chi connectivity index (χ2n) is 9.65. The number of likely N-dealkylation sites (N-methyl/N-ethyl adjacent to an activating group) is 1. The summed E-state index contributed by atoms with van der Waals surface area (Å²) in [6, 6.07) is 15.8. The minimum Gasteiger partial charge on any atom is -0.378 e. The third-order valence-electron chi connectivity index (χ3n) is 7.23. The number of morpholine rings is 1. The SMILES string of the molecule is C=CS(=O)(=O)N(C)CC1CCCN1S(=O)(=O)c1ccc(C(Cc2ccccc2)C(=O)N2CCOCC2)cc1. The first-order valence-electron chi connectivity index (χ1n) is 12.7. The number of nitrogens with zero attached hydrogens (tertiary/aromatic N) is 3. The van der Waals surface area contributed by atoms with Crippen molar-refractivity contribution in [1.29, 1.82) is 0 Å². The molecule has 0 radical (unpaired) electrons. The van der Waals surface area contributed by atoms with Gasteiger partial charge in [0.05, 0.1) is 24.0 Å². The molecule has 11 heteroatoms. The number of carbonyl (C=O) groups is 1. The Labute approximate surface area is 225 Å². The average Bonchev–Trinajstić information content (AvgIpc) is 3.41. The fourth-order valence-electron chi connectivity index (χ4n) is 5.05. The second kappa shape index (κ2) is 12.1. The summed E-state index contributed by atoms with van der Waals surface area (Å²) >= 11 is 0. The maximum atomic E-state index is 13.5. The quantitative estimate of drug-likeness (QED) is 0.441. The third-order valence-corrected chi connectivity index (χ3v) is 10.6. The van der Waals surface area contributed by atoms with Crippen LogP contribution in [0.25, 0.3) is 0 Å². The first-order valence-corrected chi connectivity index (χ1v) is 15.7. The molecule has 2 aliphatic rings. The van der Waals surface area contributed by atoms with E-state index in [-0.39, 0.29) is 17.3 Å². The maximum absolute atomic E-state index is 13.5. The standard InChI is InChI=1S/C27H35N3O6S2/c1-3-37(32,33)28(2)21-24-10-7-15-30(24)38(34,35)25-13-11-23(12-14-25)26(20-22-8-5-4-6-9-22)27(31)29-16-18-36-19-17-29/h3-6,8-9,11-14,24,26H,1,7,10,15-21H2,2H3. The number of ether oxygens (including phenoxy) is 1. The predicted octanol–water partition coefficient (Wildman–Crippen LogP) is 2.43. The van der Waals surface area contributed by atoms with Crippen LogP contribution in [0.2, 0.25) is 0 Å². The summed E-state index contributed by atoms with van der Waals surface area (Å²) in [7, 11) is -6.08. The molecule has 2 heterocycles. The number of hydrogen-bond donors (Lipinski definition) is 0. The molecule has 4 rings (SSSR count). The molecule has 9 nitrogen and oxygen atoms in total. The molecule has 206 valence electrons. The highest BCUT2D eigenvalue weighted by Gasteiger charge is 2.37. The molecule has 2 atom stereocenters. The fraction of sp³-hybridized carbons (Fsp3) is 0.444. The number of benzene rings is 2.